The molecule has 17 heavy (non-hydrogen) atoms. The topological polar surface area (TPSA) is 65.1 Å². The second-order valence-electron chi connectivity index (χ2n) is 3.89. The fourth-order valence-electron chi connectivity index (χ4n) is 1.57. The molecule has 2 rings (SSSR count). The number of nitrogen functional groups attached to an aromatic ring is 1. The average Bonchev–Trinajstić information content (AvgIpc) is 2.64. The fraction of sp³-hybridized carbons (Fsp3) is 0.250. The fourth-order valence-corrected chi connectivity index (χ4v) is 1.57. The Morgan fingerprint density at radius 2 is 2.12 bits per heavy atom. The lowest BCUT2D eigenvalue weighted by Crippen LogP contribution is -1.97. The van der Waals surface area contributed by atoms with E-state index in [0.29, 0.717) is 5.88 Å². The number of rotatable bonds is 3. The summed E-state index contributed by atoms with van der Waals surface area (Å²) in [5.41, 5.74) is 8.58. The third-order valence-corrected chi connectivity index (χ3v) is 2.60. The summed E-state index contributed by atoms with van der Waals surface area (Å²) in [7, 11) is 3.44. The second-order valence-corrected chi connectivity index (χ2v) is 3.89. The Bertz CT molecular complexity index is 533. The van der Waals surface area contributed by atoms with Crippen molar-refractivity contribution in [3.63, 3.8) is 0 Å². The molecule has 0 fully saturated rings. The molecule has 3 N–H and O–H groups in total. The Hall–Kier alpha value is -2.17. The molecule has 0 aliphatic carbocycles. The zero-order valence-corrected chi connectivity index (χ0v) is 10.2. The second kappa shape index (κ2) is 4.37. The SMILES string of the molecule is COc1cc(Nc2ccc(C)c(N)c2)nn1C. The summed E-state index contributed by atoms with van der Waals surface area (Å²) in [5.74, 6) is 1.43. The Kier molecular flexibility index (Phi) is 2.91. The van der Waals surface area contributed by atoms with Crippen LogP contribution in [0, 0.1) is 6.92 Å². The molecule has 1 heterocycles. The van der Waals surface area contributed by atoms with Crippen LogP contribution in [0.5, 0.6) is 5.88 Å². The first kappa shape index (κ1) is 11.3. The van der Waals surface area contributed by atoms with E-state index in [4.69, 9.17) is 10.5 Å². The van der Waals surface area contributed by atoms with Gasteiger partial charge in [-0.15, -0.1) is 0 Å². The highest BCUT2D eigenvalue weighted by Crippen LogP contribution is 2.22. The molecule has 0 amide bonds. The van der Waals surface area contributed by atoms with E-state index in [1.165, 1.54) is 0 Å². The molecule has 1 aromatic heterocycles. The molecule has 5 nitrogen and oxygen atoms in total. The van der Waals surface area contributed by atoms with Gasteiger partial charge in [-0.1, -0.05) is 6.07 Å². The minimum Gasteiger partial charge on any atom is -0.481 e. The number of methoxy groups -OCH3 is 1. The number of hydrogen-bond donors (Lipinski definition) is 2. The average molecular weight is 232 g/mol. The smallest absolute Gasteiger partial charge is 0.213 e. The predicted molar refractivity (Wildman–Crippen MR) is 68.6 cm³/mol. The zero-order chi connectivity index (χ0) is 12.4. The van der Waals surface area contributed by atoms with Gasteiger partial charge >= 0.3 is 0 Å². The number of nitrogens with zero attached hydrogens (tertiary/aromatic N) is 2. The zero-order valence-electron chi connectivity index (χ0n) is 10.2. The lowest BCUT2D eigenvalue weighted by molar-refractivity contribution is 0.373. The van der Waals surface area contributed by atoms with E-state index in [-0.39, 0.29) is 0 Å². The number of anilines is 3. The molecule has 5 heteroatoms. The van der Waals surface area contributed by atoms with E-state index in [0.717, 1.165) is 22.8 Å². The third kappa shape index (κ3) is 2.33. The van der Waals surface area contributed by atoms with Crippen LogP contribution in [0.3, 0.4) is 0 Å². The first-order chi connectivity index (χ1) is 8.10. The van der Waals surface area contributed by atoms with Crippen LogP contribution in [0.2, 0.25) is 0 Å². The standard InChI is InChI=1S/C12H16N4O/c1-8-4-5-9(6-10(8)13)14-11-7-12(17-3)16(2)15-11/h4-7H,13H2,1-3H3,(H,14,15). The summed E-state index contributed by atoms with van der Waals surface area (Å²) in [6.07, 6.45) is 0. The number of ether oxygens (including phenoxy) is 1. The highest BCUT2D eigenvalue weighted by molar-refractivity contribution is 5.64. The van der Waals surface area contributed by atoms with Gasteiger partial charge in [-0.05, 0) is 24.6 Å². The van der Waals surface area contributed by atoms with Crippen LogP contribution in [-0.2, 0) is 7.05 Å². The van der Waals surface area contributed by atoms with Gasteiger partial charge < -0.3 is 15.8 Å². The maximum Gasteiger partial charge on any atom is 0.213 e. The minimum absolute atomic E-state index is 0.701. The van der Waals surface area contributed by atoms with Crippen molar-refractivity contribution >= 4 is 17.2 Å². The van der Waals surface area contributed by atoms with Gasteiger partial charge in [-0.3, -0.25) is 0 Å². The maximum absolute atomic E-state index is 5.85. The molecular weight excluding hydrogens is 216 g/mol. The molecule has 0 radical (unpaired) electrons. The minimum atomic E-state index is 0.701. The summed E-state index contributed by atoms with van der Waals surface area (Å²) in [6.45, 7) is 1.98. The summed E-state index contributed by atoms with van der Waals surface area (Å²) in [6, 6.07) is 7.65. The first-order valence-corrected chi connectivity index (χ1v) is 5.31. The summed E-state index contributed by atoms with van der Waals surface area (Å²) < 4.78 is 6.81. The van der Waals surface area contributed by atoms with Crippen LogP contribution in [0.15, 0.2) is 24.3 Å². The van der Waals surface area contributed by atoms with Crippen molar-refractivity contribution in [1.29, 1.82) is 0 Å². The van der Waals surface area contributed by atoms with E-state index in [2.05, 4.69) is 10.4 Å². The lowest BCUT2D eigenvalue weighted by Gasteiger charge is -2.05. The monoisotopic (exact) mass is 232 g/mol. The highest BCUT2D eigenvalue weighted by atomic mass is 16.5. The Balaban J connectivity index is 2.22. The predicted octanol–water partition coefficient (Wildman–Crippen LogP) is 2.06. The van der Waals surface area contributed by atoms with E-state index >= 15 is 0 Å². The van der Waals surface area contributed by atoms with Crippen molar-refractivity contribution in [2.24, 2.45) is 7.05 Å². The van der Waals surface area contributed by atoms with Crippen LogP contribution < -0.4 is 15.8 Å². The van der Waals surface area contributed by atoms with Crippen LogP contribution in [0.1, 0.15) is 5.56 Å². The van der Waals surface area contributed by atoms with Crippen molar-refractivity contribution in [1.82, 2.24) is 9.78 Å². The van der Waals surface area contributed by atoms with Gasteiger partial charge in [0, 0.05) is 24.5 Å². The molecule has 0 atom stereocenters. The van der Waals surface area contributed by atoms with Gasteiger partial charge in [0.15, 0.2) is 5.82 Å². The van der Waals surface area contributed by atoms with Crippen LogP contribution in [0.4, 0.5) is 17.2 Å². The number of aromatic nitrogens is 2. The molecule has 90 valence electrons. The quantitative estimate of drug-likeness (QED) is 0.795. The highest BCUT2D eigenvalue weighted by Gasteiger charge is 2.05. The van der Waals surface area contributed by atoms with Gasteiger partial charge in [0.2, 0.25) is 5.88 Å². The van der Waals surface area contributed by atoms with Crippen LogP contribution in [0.25, 0.3) is 0 Å². The molecule has 0 bridgehead atoms. The molecule has 0 saturated heterocycles. The Labute approximate surface area is 100 Å². The lowest BCUT2D eigenvalue weighted by atomic mass is 10.2. The molecule has 0 spiro atoms. The van der Waals surface area contributed by atoms with Gasteiger partial charge in [-0.25, -0.2) is 4.68 Å². The van der Waals surface area contributed by atoms with Crippen molar-refractivity contribution in [2.75, 3.05) is 18.2 Å². The van der Waals surface area contributed by atoms with E-state index in [9.17, 15) is 0 Å². The number of nitrogens with two attached hydrogens (primary N) is 1. The Morgan fingerprint density at radius 1 is 1.35 bits per heavy atom. The number of hydrogen-bond acceptors (Lipinski definition) is 4. The van der Waals surface area contributed by atoms with E-state index < -0.39 is 0 Å². The first-order valence-electron chi connectivity index (χ1n) is 5.31. The molecule has 0 aliphatic rings. The molecular formula is C12H16N4O. The van der Waals surface area contributed by atoms with Gasteiger partial charge in [0.1, 0.15) is 0 Å². The number of nitrogens with one attached hydrogen (secondary N) is 1. The largest absolute Gasteiger partial charge is 0.481 e. The Morgan fingerprint density at radius 3 is 2.71 bits per heavy atom. The molecule has 0 unspecified atom stereocenters. The molecule has 1 aromatic carbocycles. The normalized spacial score (nSPS) is 10.3. The van der Waals surface area contributed by atoms with Gasteiger partial charge in [0.25, 0.3) is 0 Å². The van der Waals surface area contributed by atoms with Crippen molar-refractivity contribution in [2.45, 2.75) is 6.92 Å². The maximum atomic E-state index is 5.85. The number of benzene rings is 1. The van der Waals surface area contributed by atoms with E-state index in [1.807, 2.05) is 38.2 Å². The summed E-state index contributed by atoms with van der Waals surface area (Å²) >= 11 is 0. The summed E-state index contributed by atoms with van der Waals surface area (Å²) in [5, 5.41) is 7.44. The van der Waals surface area contributed by atoms with Gasteiger partial charge in [-0.2, -0.15) is 5.10 Å². The van der Waals surface area contributed by atoms with Gasteiger partial charge in [0.05, 0.1) is 7.11 Å². The van der Waals surface area contributed by atoms with Crippen molar-refractivity contribution < 1.29 is 4.74 Å². The van der Waals surface area contributed by atoms with Crippen LogP contribution in [-0.4, -0.2) is 16.9 Å². The van der Waals surface area contributed by atoms with Crippen LogP contribution >= 0.6 is 0 Å². The molecule has 2 aromatic rings. The van der Waals surface area contributed by atoms with Crippen molar-refractivity contribution in [3.8, 4) is 5.88 Å². The number of aryl methyl sites for hydroxylation is 2. The van der Waals surface area contributed by atoms with E-state index in [1.54, 1.807) is 11.8 Å². The summed E-state index contributed by atoms with van der Waals surface area (Å²) in [4.78, 5) is 0. The molecule has 0 aliphatic heterocycles. The molecule has 0 saturated carbocycles. The third-order valence-electron chi connectivity index (χ3n) is 2.60. The van der Waals surface area contributed by atoms with Crippen molar-refractivity contribution in [3.05, 3.63) is 29.8 Å².